The molecule has 1 rings (SSSR count). The van der Waals surface area contributed by atoms with Gasteiger partial charge >= 0.3 is 0 Å². The molecule has 1 aliphatic heterocycles. The Balaban J connectivity index is 2.33. The van der Waals surface area contributed by atoms with Gasteiger partial charge in [0.05, 0.1) is 12.2 Å². The van der Waals surface area contributed by atoms with Crippen LogP contribution in [0, 0.1) is 0 Å². The van der Waals surface area contributed by atoms with Crippen molar-refractivity contribution < 1.29 is 14.6 Å². The minimum atomic E-state index is -0.687. The number of aliphatic hydroxyl groups is 1. The Morgan fingerprint density at radius 1 is 1.40 bits per heavy atom. The van der Waals surface area contributed by atoms with E-state index in [0.717, 1.165) is 19.5 Å². The maximum Gasteiger partial charge on any atom is 0.251 e. The van der Waals surface area contributed by atoms with Gasteiger partial charge in [-0.1, -0.05) is 6.08 Å². The number of amides is 1. The number of ether oxygens (including phenoxy) is 1. The van der Waals surface area contributed by atoms with E-state index in [4.69, 9.17) is 4.74 Å². The highest BCUT2D eigenvalue weighted by molar-refractivity contribution is 5.80. The molecule has 1 amide bonds. The first-order valence-electron chi connectivity index (χ1n) is 7.29. The molecule has 1 fully saturated rings. The number of nitrogens with zero attached hydrogens (tertiary/aromatic N) is 2. The number of hydrogen-bond donors (Lipinski definition) is 1. The van der Waals surface area contributed by atoms with Crippen molar-refractivity contribution in [2.24, 2.45) is 0 Å². The molecule has 1 unspecified atom stereocenters. The second-order valence-corrected chi connectivity index (χ2v) is 6.00. The topological polar surface area (TPSA) is 53.0 Å². The lowest BCUT2D eigenvalue weighted by Gasteiger charge is -2.38. The summed E-state index contributed by atoms with van der Waals surface area (Å²) in [6.07, 6.45) is 2.15. The summed E-state index contributed by atoms with van der Waals surface area (Å²) < 4.78 is 5.49. The first kappa shape index (κ1) is 17.1. The van der Waals surface area contributed by atoms with Crippen molar-refractivity contribution in [1.29, 1.82) is 0 Å². The summed E-state index contributed by atoms with van der Waals surface area (Å²) in [4.78, 5) is 16.2. The van der Waals surface area contributed by atoms with Gasteiger partial charge in [0, 0.05) is 32.7 Å². The third-order valence-electron chi connectivity index (χ3n) is 3.33. The molecule has 0 bridgehead atoms. The summed E-state index contributed by atoms with van der Waals surface area (Å²) in [5, 5.41) is 9.80. The van der Waals surface area contributed by atoms with Gasteiger partial charge in [-0.3, -0.25) is 9.69 Å². The second kappa shape index (κ2) is 7.76. The van der Waals surface area contributed by atoms with Crippen molar-refractivity contribution in [1.82, 2.24) is 9.80 Å². The van der Waals surface area contributed by atoms with Crippen molar-refractivity contribution in [2.45, 2.75) is 38.9 Å². The monoisotopic (exact) mass is 284 g/mol. The number of piperazine rings is 1. The Hall–Kier alpha value is -0.910. The van der Waals surface area contributed by atoms with E-state index >= 15 is 0 Å². The first-order chi connectivity index (χ1) is 9.33. The van der Waals surface area contributed by atoms with Gasteiger partial charge in [-0.25, -0.2) is 0 Å². The van der Waals surface area contributed by atoms with Crippen molar-refractivity contribution in [3.63, 3.8) is 0 Å². The Morgan fingerprint density at radius 3 is 2.50 bits per heavy atom. The number of hydrogen-bond acceptors (Lipinski definition) is 4. The summed E-state index contributed by atoms with van der Waals surface area (Å²) in [6, 6.07) is 0. The number of β-amino-alcohol motifs (C(OH)–C–C–N with tert-alkyl or cyclic N) is 1. The van der Waals surface area contributed by atoms with E-state index in [-0.39, 0.29) is 5.91 Å². The molecule has 5 heteroatoms. The van der Waals surface area contributed by atoms with Gasteiger partial charge < -0.3 is 14.7 Å². The van der Waals surface area contributed by atoms with Gasteiger partial charge in [0.25, 0.3) is 5.91 Å². The fourth-order valence-electron chi connectivity index (χ4n) is 2.33. The zero-order valence-corrected chi connectivity index (χ0v) is 13.0. The van der Waals surface area contributed by atoms with Gasteiger partial charge in [-0.15, -0.1) is 6.58 Å². The molecule has 1 N–H and O–H groups in total. The van der Waals surface area contributed by atoms with Gasteiger partial charge in [-0.05, 0) is 27.2 Å². The molecule has 0 saturated carbocycles. The molecule has 1 heterocycles. The van der Waals surface area contributed by atoms with Crippen LogP contribution in [0.5, 0.6) is 0 Å². The van der Waals surface area contributed by atoms with Crippen LogP contribution in [-0.2, 0) is 9.53 Å². The maximum atomic E-state index is 12.2. The number of carbonyl (C=O) groups excluding carboxylic acids is 1. The van der Waals surface area contributed by atoms with Crippen LogP contribution in [0.4, 0.5) is 0 Å². The Labute approximate surface area is 122 Å². The zero-order valence-electron chi connectivity index (χ0n) is 13.0. The minimum Gasteiger partial charge on any atom is -0.389 e. The third kappa shape index (κ3) is 6.03. The second-order valence-electron chi connectivity index (χ2n) is 6.00. The van der Waals surface area contributed by atoms with Crippen molar-refractivity contribution in [3.8, 4) is 0 Å². The van der Waals surface area contributed by atoms with E-state index in [1.165, 1.54) is 0 Å². The molecule has 0 aliphatic carbocycles. The average molecular weight is 284 g/mol. The van der Waals surface area contributed by atoms with Crippen molar-refractivity contribution in [2.75, 3.05) is 39.3 Å². The van der Waals surface area contributed by atoms with Gasteiger partial charge in [0.15, 0.2) is 0 Å². The normalized spacial score (nSPS) is 18.9. The fourth-order valence-corrected chi connectivity index (χ4v) is 2.33. The Morgan fingerprint density at radius 2 is 2.00 bits per heavy atom. The smallest absolute Gasteiger partial charge is 0.251 e. The summed E-state index contributed by atoms with van der Waals surface area (Å²) in [5.41, 5.74) is -0.687. The summed E-state index contributed by atoms with van der Waals surface area (Å²) in [7, 11) is 0. The lowest BCUT2D eigenvalue weighted by Crippen LogP contribution is -2.53. The lowest BCUT2D eigenvalue weighted by molar-refractivity contribution is -0.144. The van der Waals surface area contributed by atoms with Gasteiger partial charge in [-0.2, -0.15) is 0 Å². The molecule has 5 nitrogen and oxygen atoms in total. The summed E-state index contributed by atoms with van der Waals surface area (Å²) in [5.74, 6) is 0.0528. The van der Waals surface area contributed by atoms with E-state index in [1.807, 2.05) is 4.90 Å². The van der Waals surface area contributed by atoms with Crippen molar-refractivity contribution in [3.05, 3.63) is 12.7 Å². The van der Waals surface area contributed by atoms with Crippen LogP contribution in [0.15, 0.2) is 12.7 Å². The Kier molecular flexibility index (Phi) is 6.65. The molecule has 1 saturated heterocycles. The summed E-state index contributed by atoms with van der Waals surface area (Å²) >= 11 is 0. The minimum absolute atomic E-state index is 0.0528. The van der Waals surface area contributed by atoms with Crippen molar-refractivity contribution >= 4 is 5.91 Å². The molecule has 0 aromatic carbocycles. The molecule has 1 atom stereocenters. The van der Waals surface area contributed by atoms with Gasteiger partial charge in [0.2, 0.25) is 0 Å². The van der Waals surface area contributed by atoms with Crippen LogP contribution in [0.3, 0.4) is 0 Å². The van der Waals surface area contributed by atoms with Crippen LogP contribution in [0.25, 0.3) is 0 Å². The van der Waals surface area contributed by atoms with E-state index in [2.05, 4.69) is 11.5 Å². The van der Waals surface area contributed by atoms with Crippen LogP contribution >= 0.6 is 0 Å². The number of rotatable bonds is 7. The lowest BCUT2D eigenvalue weighted by atomic mass is 10.1. The van der Waals surface area contributed by atoms with E-state index in [9.17, 15) is 9.90 Å². The molecule has 116 valence electrons. The number of carbonyl (C=O) groups is 1. The van der Waals surface area contributed by atoms with Crippen LogP contribution in [0.2, 0.25) is 0 Å². The maximum absolute atomic E-state index is 12.2. The SMILES string of the molecule is C=CCCOC(C)C(=O)N1CCN(CC(C)(C)O)CC1. The highest BCUT2D eigenvalue weighted by Gasteiger charge is 2.27. The van der Waals surface area contributed by atoms with E-state index < -0.39 is 11.7 Å². The largest absolute Gasteiger partial charge is 0.389 e. The molecular weight excluding hydrogens is 256 g/mol. The standard InChI is InChI=1S/C15H28N2O3/c1-5-6-11-20-13(2)14(18)17-9-7-16(8-10-17)12-15(3,4)19/h5,13,19H,1,6-12H2,2-4H3. The molecule has 1 aliphatic rings. The van der Waals surface area contributed by atoms with Crippen LogP contribution in [0.1, 0.15) is 27.2 Å². The molecule has 0 aromatic rings. The average Bonchev–Trinajstić information content (AvgIpc) is 2.37. The van der Waals surface area contributed by atoms with Crippen LogP contribution in [-0.4, -0.2) is 71.8 Å². The first-order valence-corrected chi connectivity index (χ1v) is 7.29. The molecular formula is C15H28N2O3. The highest BCUT2D eigenvalue weighted by atomic mass is 16.5. The van der Waals surface area contributed by atoms with Gasteiger partial charge in [0.1, 0.15) is 6.10 Å². The predicted molar refractivity (Wildman–Crippen MR) is 79.5 cm³/mol. The van der Waals surface area contributed by atoms with Crippen LogP contribution < -0.4 is 0 Å². The van der Waals surface area contributed by atoms with E-state index in [1.54, 1.807) is 26.8 Å². The zero-order chi connectivity index (χ0) is 15.2. The third-order valence-corrected chi connectivity index (χ3v) is 3.33. The fraction of sp³-hybridized carbons (Fsp3) is 0.800. The molecule has 0 aromatic heterocycles. The molecule has 0 radical (unpaired) electrons. The Bertz CT molecular complexity index is 318. The quantitative estimate of drug-likeness (QED) is 0.557. The molecule has 20 heavy (non-hydrogen) atoms. The predicted octanol–water partition coefficient (Wildman–Crippen LogP) is 0.883. The molecule has 0 spiro atoms. The highest BCUT2D eigenvalue weighted by Crippen LogP contribution is 2.10. The summed E-state index contributed by atoms with van der Waals surface area (Å²) in [6.45, 7) is 13.2. The van der Waals surface area contributed by atoms with E-state index in [0.29, 0.717) is 26.2 Å².